The Morgan fingerprint density at radius 2 is 2.00 bits per heavy atom. The van der Waals surface area contributed by atoms with Crippen molar-refractivity contribution in [1.29, 1.82) is 0 Å². The average Bonchev–Trinajstić information content (AvgIpc) is 2.90. The molecule has 1 aromatic heterocycles. The number of nitro benzene ring substituents is 1. The smallest absolute Gasteiger partial charge is 0.335 e. The van der Waals surface area contributed by atoms with Crippen LogP contribution in [0.4, 0.5) is 5.69 Å². The van der Waals surface area contributed by atoms with Gasteiger partial charge in [0.25, 0.3) is 5.69 Å². The predicted molar refractivity (Wildman–Crippen MR) is 74.7 cm³/mol. The molecule has 7 nitrogen and oxygen atoms in total. The zero-order valence-electron chi connectivity index (χ0n) is 10.6. The lowest BCUT2D eigenvalue weighted by Crippen LogP contribution is -2.03. The lowest BCUT2D eigenvalue weighted by Gasteiger charge is -2.06. The highest BCUT2D eigenvalue weighted by atomic mass is 16.6. The fraction of sp³-hybridized carbons (Fsp3) is 0. The van der Waals surface area contributed by atoms with Crippen LogP contribution in [0.2, 0.25) is 0 Å². The van der Waals surface area contributed by atoms with E-state index in [9.17, 15) is 14.9 Å². The fourth-order valence-corrected chi connectivity index (χ4v) is 2.16. The number of nitro groups is 1. The summed E-state index contributed by atoms with van der Waals surface area (Å²) in [6, 6.07) is 11.0. The summed E-state index contributed by atoms with van der Waals surface area (Å²) in [4.78, 5) is 25.7. The summed E-state index contributed by atoms with van der Waals surface area (Å²) in [6.45, 7) is 0. The number of carboxylic acids is 1. The molecule has 0 bridgehead atoms. The number of para-hydroxylation sites is 2. The van der Waals surface area contributed by atoms with Gasteiger partial charge >= 0.3 is 5.97 Å². The van der Waals surface area contributed by atoms with Gasteiger partial charge in [-0.3, -0.25) is 14.7 Å². The Hall–Kier alpha value is -3.22. The highest BCUT2D eigenvalue weighted by Gasteiger charge is 2.19. The normalized spacial score (nSPS) is 10.7. The van der Waals surface area contributed by atoms with Crippen LogP contribution in [0.3, 0.4) is 0 Å². The molecular formula is C14H9N3O4. The molecule has 2 aromatic carbocycles. The third-order valence-corrected chi connectivity index (χ3v) is 3.13. The maximum Gasteiger partial charge on any atom is 0.335 e. The second-order valence-corrected chi connectivity index (χ2v) is 4.37. The molecule has 0 radical (unpaired) electrons. The number of carboxylic acid groups (broad SMARTS) is 1. The zero-order chi connectivity index (χ0) is 15.0. The standard InChI is InChI=1S/C14H9N3O4/c18-14(19)9-5-6-12(13(7-9)17(20)21)16-8-15-10-3-1-2-4-11(10)16/h1-8H,(H,18,19). The van der Waals surface area contributed by atoms with Crippen LogP contribution in [0.1, 0.15) is 10.4 Å². The number of hydrogen-bond acceptors (Lipinski definition) is 4. The first-order chi connectivity index (χ1) is 10.1. The van der Waals surface area contributed by atoms with Gasteiger partial charge in [0.15, 0.2) is 0 Å². The minimum absolute atomic E-state index is 0.130. The van der Waals surface area contributed by atoms with Crippen LogP contribution in [0, 0.1) is 10.1 Å². The van der Waals surface area contributed by atoms with Gasteiger partial charge in [0, 0.05) is 6.07 Å². The molecule has 1 N–H and O–H groups in total. The molecule has 0 aliphatic heterocycles. The molecule has 7 heteroatoms. The molecular weight excluding hydrogens is 274 g/mol. The van der Waals surface area contributed by atoms with Crippen molar-refractivity contribution in [3.05, 3.63) is 64.5 Å². The number of hydrogen-bond donors (Lipinski definition) is 1. The molecule has 3 rings (SSSR count). The Morgan fingerprint density at radius 1 is 1.24 bits per heavy atom. The van der Waals surface area contributed by atoms with E-state index in [0.29, 0.717) is 11.0 Å². The SMILES string of the molecule is O=C(O)c1ccc(-n2cnc3ccccc32)c([N+](=O)[O-])c1. The molecule has 0 aliphatic carbocycles. The minimum atomic E-state index is -1.21. The second kappa shape index (κ2) is 4.71. The minimum Gasteiger partial charge on any atom is -0.478 e. The van der Waals surface area contributed by atoms with E-state index in [0.717, 1.165) is 6.07 Å². The van der Waals surface area contributed by atoms with E-state index in [4.69, 9.17) is 5.11 Å². The fourth-order valence-electron chi connectivity index (χ4n) is 2.16. The van der Waals surface area contributed by atoms with Crippen molar-refractivity contribution in [3.63, 3.8) is 0 Å². The first-order valence-electron chi connectivity index (χ1n) is 6.02. The zero-order valence-corrected chi connectivity index (χ0v) is 10.6. The Labute approximate surface area is 118 Å². The molecule has 0 amide bonds. The van der Waals surface area contributed by atoms with Crippen molar-refractivity contribution in [2.45, 2.75) is 0 Å². The monoisotopic (exact) mass is 283 g/mol. The van der Waals surface area contributed by atoms with E-state index in [2.05, 4.69) is 4.98 Å². The third-order valence-electron chi connectivity index (χ3n) is 3.13. The molecule has 0 spiro atoms. The van der Waals surface area contributed by atoms with Crippen LogP contribution in [0.25, 0.3) is 16.7 Å². The quantitative estimate of drug-likeness (QED) is 0.588. The predicted octanol–water partition coefficient (Wildman–Crippen LogP) is 2.63. The molecule has 104 valence electrons. The molecule has 1 heterocycles. The third kappa shape index (κ3) is 2.10. The van der Waals surface area contributed by atoms with Crippen molar-refractivity contribution in [1.82, 2.24) is 9.55 Å². The number of benzene rings is 2. The average molecular weight is 283 g/mol. The van der Waals surface area contributed by atoms with Crippen LogP contribution in [-0.2, 0) is 0 Å². The number of rotatable bonds is 3. The van der Waals surface area contributed by atoms with Gasteiger partial charge in [-0.05, 0) is 24.3 Å². The van der Waals surface area contributed by atoms with Crippen molar-refractivity contribution in [3.8, 4) is 5.69 Å². The maximum atomic E-state index is 11.2. The Kier molecular flexibility index (Phi) is 2.87. The lowest BCUT2D eigenvalue weighted by atomic mass is 10.1. The number of aromatic carboxylic acids is 1. The van der Waals surface area contributed by atoms with Gasteiger partial charge in [-0.1, -0.05) is 12.1 Å². The van der Waals surface area contributed by atoms with Crippen molar-refractivity contribution in [2.75, 3.05) is 0 Å². The largest absolute Gasteiger partial charge is 0.478 e. The van der Waals surface area contributed by atoms with Crippen LogP contribution in [0.5, 0.6) is 0 Å². The van der Waals surface area contributed by atoms with E-state index in [1.165, 1.54) is 18.5 Å². The van der Waals surface area contributed by atoms with Crippen LogP contribution in [0.15, 0.2) is 48.8 Å². The molecule has 0 saturated carbocycles. The summed E-state index contributed by atoms with van der Waals surface area (Å²) in [5.41, 5.74) is 1.28. The van der Waals surface area contributed by atoms with Gasteiger partial charge in [0.05, 0.1) is 21.5 Å². The summed E-state index contributed by atoms with van der Waals surface area (Å²) in [6.07, 6.45) is 1.48. The van der Waals surface area contributed by atoms with Gasteiger partial charge in [-0.15, -0.1) is 0 Å². The van der Waals surface area contributed by atoms with Crippen LogP contribution < -0.4 is 0 Å². The maximum absolute atomic E-state index is 11.2. The molecule has 3 aromatic rings. The topological polar surface area (TPSA) is 98.3 Å². The van der Waals surface area contributed by atoms with E-state index < -0.39 is 10.9 Å². The summed E-state index contributed by atoms with van der Waals surface area (Å²) >= 11 is 0. The van der Waals surface area contributed by atoms with Crippen LogP contribution >= 0.6 is 0 Å². The summed E-state index contributed by atoms with van der Waals surface area (Å²) < 4.78 is 1.57. The lowest BCUT2D eigenvalue weighted by molar-refractivity contribution is -0.384. The number of fused-ring (bicyclic) bond motifs is 1. The van der Waals surface area contributed by atoms with E-state index in [1.54, 1.807) is 22.8 Å². The van der Waals surface area contributed by atoms with E-state index >= 15 is 0 Å². The highest BCUT2D eigenvalue weighted by Crippen LogP contribution is 2.27. The van der Waals surface area contributed by atoms with Crippen molar-refractivity contribution >= 4 is 22.7 Å². The first kappa shape index (κ1) is 12.8. The van der Waals surface area contributed by atoms with Crippen molar-refractivity contribution in [2.24, 2.45) is 0 Å². The molecule has 0 atom stereocenters. The highest BCUT2D eigenvalue weighted by molar-refractivity contribution is 5.89. The van der Waals surface area contributed by atoms with Gasteiger partial charge in [-0.25, -0.2) is 9.78 Å². The molecule has 0 aliphatic rings. The number of nitrogens with zero attached hydrogens (tertiary/aromatic N) is 3. The second-order valence-electron chi connectivity index (χ2n) is 4.37. The van der Waals surface area contributed by atoms with Crippen molar-refractivity contribution < 1.29 is 14.8 Å². The van der Waals surface area contributed by atoms with Gasteiger partial charge in [0.2, 0.25) is 0 Å². The molecule has 0 unspecified atom stereocenters. The van der Waals surface area contributed by atoms with Gasteiger partial charge < -0.3 is 5.11 Å². The summed E-state index contributed by atoms with van der Waals surface area (Å²) in [5.74, 6) is -1.21. The first-order valence-corrected chi connectivity index (χ1v) is 6.02. The van der Waals surface area contributed by atoms with Gasteiger partial charge in [0.1, 0.15) is 12.0 Å². The molecule has 21 heavy (non-hydrogen) atoms. The number of carbonyl (C=O) groups is 1. The Bertz CT molecular complexity index is 870. The van der Waals surface area contributed by atoms with Crippen LogP contribution in [-0.4, -0.2) is 25.6 Å². The Morgan fingerprint density at radius 3 is 2.71 bits per heavy atom. The Balaban J connectivity index is 2.27. The van der Waals surface area contributed by atoms with E-state index in [1.807, 2.05) is 6.07 Å². The number of imidazole rings is 1. The van der Waals surface area contributed by atoms with Gasteiger partial charge in [-0.2, -0.15) is 0 Å². The molecule has 0 fully saturated rings. The number of aromatic nitrogens is 2. The summed E-state index contributed by atoms with van der Waals surface area (Å²) in [7, 11) is 0. The van der Waals surface area contributed by atoms with E-state index in [-0.39, 0.29) is 16.9 Å². The molecule has 0 saturated heterocycles. The summed E-state index contributed by atoms with van der Waals surface area (Å²) in [5, 5.41) is 20.1.